The minimum absolute atomic E-state index is 0.383. The smallest absolute Gasteiger partial charge is 0.407 e. The van der Waals surface area contributed by atoms with Gasteiger partial charge in [0.25, 0.3) is 0 Å². The Morgan fingerprint density at radius 1 is 1.07 bits per heavy atom. The maximum atomic E-state index is 11.6. The predicted octanol–water partition coefficient (Wildman–Crippen LogP) is 2.02. The first-order valence-electron chi connectivity index (χ1n) is 10.7. The van der Waals surface area contributed by atoms with Crippen LogP contribution in [0, 0.1) is 0 Å². The van der Waals surface area contributed by atoms with Gasteiger partial charge in [-0.1, -0.05) is 6.42 Å². The van der Waals surface area contributed by atoms with Crippen molar-refractivity contribution in [1.82, 2.24) is 30.7 Å². The molecule has 0 saturated heterocycles. The van der Waals surface area contributed by atoms with Gasteiger partial charge < -0.3 is 25.3 Å². The Labute approximate surface area is 174 Å². The minimum Gasteiger partial charge on any atom is -0.444 e. The van der Waals surface area contributed by atoms with Gasteiger partial charge in [-0.2, -0.15) is 0 Å². The lowest BCUT2D eigenvalue weighted by Crippen LogP contribution is -2.39. The topological polar surface area (TPSA) is 105 Å². The molecule has 0 radical (unpaired) electrons. The second-order valence-electron chi connectivity index (χ2n) is 8.31. The van der Waals surface area contributed by atoms with Crippen LogP contribution in [0.25, 0.3) is 0 Å². The van der Waals surface area contributed by atoms with E-state index in [1.807, 2.05) is 20.8 Å². The molecule has 2 rings (SSSR count). The van der Waals surface area contributed by atoms with E-state index in [0.29, 0.717) is 13.1 Å². The Kier molecular flexibility index (Phi) is 9.21. The number of guanidine groups is 1. The van der Waals surface area contributed by atoms with Crippen molar-refractivity contribution < 1.29 is 9.53 Å². The summed E-state index contributed by atoms with van der Waals surface area (Å²) >= 11 is 0. The molecule has 3 N–H and O–H groups in total. The lowest BCUT2D eigenvalue weighted by atomic mass is 10.2. The highest BCUT2D eigenvalue weighted by atomic mass is 16.6. The fourth-order valence-electron chi connectivity index (χ4n) is 3.20. The van der Waals surface area contributed by atoms with Gasteiger partial charge in [-0.05, 0) is 46.5 Å². The number of rotatable bonds is 8. The van der Waals surface area contributed by atoms with Crippen molar-refractivity contribution in [2.24, 2.45) is 4.99 Å². The number of amides is 1. The van der Waals surface area contributed by atoms with E-state index in [0.717, 1.165) is 56.4 Å². The van der Waals surface area contributed by atoms with Crippen LogP contribution >= 0.6 is 0 Å². The van der Waals surface area contributed by atoms with E-state index >= 15 is 0 Å². The van der Waals surface area contributed by atoms with E-state index in [9.17, 15) is 4.79 Å². The first-order valence-corrected chi connectivity index (χ1v) is 10.7. The molecule has 2 heterocycles. The van der Waals surface area contributed by atoms with Crippen molar-refractivity contribution in [2.75, 3.05) is 26.7 Å². The average molecular weight is 408 g/mol. The van der Waals surface area contributed by atoms with E-state index in [1.165, 1.54) is 19.3 Å². The fourth-order valence-corrected chi connectivity index (χ4v) is 3.20. The molecule has 0 aliphatic carbocycles. The van der Waals surface area contributed by atoms with Crippen LogP contribution in [0.2, 0.25) is 0 Å². The Balaban J connectivity index is 1.58. The molecule has 1 aliphatic heterocycles. The van der Waals surface area contributed by atoms with Crippen LogP contribution in [0.1, 0.15) is 64.5 Å². The molecule has 0 unspecified atom stereocenters. The number of hydrogen-bond donors (Lipinski definition) is 3. The van der Waals surface area contributed by atoms with Crippen LogP contribution in [0.5, 0.6) is 0 Å². The van der Waals surface area contributed by atoms with E-state index in [2.05, 4.69) is 35.7 Å². The predicted molar refractivity (Wildman–Crippen MR) is 114 cm³/mol. The molecule has 0 aromatic carbocycles. The molecule has 1 amide bonds. The molecule has 0 spiro atoms. The Morgan fingerprint density at radius 2 is 1.79 bits per heavy atom. The van der Waals surface area contributed by atoms with Gasteiger partial charge in [0, 0.05) is 46.1 Å². The first kappa shape index (κ1) is 23.0. The number of aliphatic imine (C=N–C) groups is 1. The van der Waals surface area contributed by atoms with Gasteiger partial charge in [0.2, 0.25) is 0 Å². The third-order valence-electron chi connectivity index (χ3n) is 4.59. The van der Waals surface area contributed by atoms with Crippen molar-refractivity contribution in [1.29, 1.82) is 0 Å². The van der Waals surface area contributed by atoms with Crippen LogP contribution in [-0.4, -0.2) is 59.1 Å². The highest BCUT2D eigenvalue weighted by Gasteiger charge is 2.15. The number of carbonyl (C=O) groups is 1. The van der Waals surface area contributed by atoms with Crippen LogP contribution in [-0.2, 0) is 24.1 Å². The Morgan fingerprint density at radius 3 is 2.52 bits per heavy atom. The monoisotopic (exact) mass is 407 g/mol. The number of carbonyl (C=O) groups excluding carboxylic acids is 1. The summed E-state index contributed by atoms with van der Waals surface area (Å²) in [6.45, 7) is 8.68. The van der Waals surface area contributed by atoms with Crippen molar-refractivity contribution in [3.05, 3.63) is 11.6 Å². The zero-order valence-corrected chi connectivity index (χ0v) is 18.4. The molecule has 0 fully saturated rings. The third kappa shape index (κ3) is 8.70. The Hall–Kier alpha value is -2.32. The van der Waals surface area contributed by atoms with Crippen LogP contribution in [0.15, 0.2) is 4.99 Å². The van der Waals surface area contributed by atoms with Crippen LogP contribution in [0.4, 0.5) is 4.79 Å². The standard InChI is InChI=1S/C20H37N7O2/c1-20(2,3)29-19(28)24-14-9-13-23-18(21-4)22-12-8-11-17-26-25-16-10-6-5-7-15-27(16)17/h5-15H2,1-4H3,(H,24,28)(H2,21,22,23). The highest BCUT2D eigenvalue weighted by molar-refractivity contribution is 5.79. The summed E-state index contributed by atoms with van der Waals surface area (Å²) in [4.78, 5) is 15.8. The number of aromatic nitrogens is 3. The number of alkyl carbamates (subject to hydrolysis) is 1. The number of fused-ring (bicyclic) bond motifs is 1. The zero-order valence-electron chi connectivity index (χ0n) is 18.4. The quantitative estimate of drug-likeness (QED) is 0.346. The summed E-state index contributed by atoms with van der Waals surface area (Å²) < 4.78 is 7.51. The summed E-state index contributed by atoms with van der Waals surface area (Å²) in [6, 6.07) is 0. The number of aryl methyl sites for hydroxylation is 2. The third-order valence-corrected chi connectivity index (χ3v) is 4.59. The first-order chi connectivity index (χ1) is 13.9. The molecule has 9 nitrogen and oxygen atoms in total. The summed E-state index contributed by atoms with van der Waals surface area (Å²) in [5, 5.41) is 18.1. The maximum absolute atomic E-state index is 11.6. The number of nitrogens with zero attached hydrogens (tertiary/aromatic N) is 4. The number of nitrogens with one attached hydrogen (secondary N) is 3. The zero-order chi connectivity index (χ0) is 21.1. The maximum Gasteiger partial charge on any atom is 0.407 e. The molecule has 29 heavy (non-hydrogen) atoms. The molecule has 0 atom stereocenters. The van der Waals surface area contributed by atoms with Gasteiger partial charge in [-0.25, -0.2) is 4.79 Å². The average Bonchev–Trinajstić information content (AvgIpc) is 2.88. The number of ether oxygens (including phenoxy) is 1. The van der Waals surface area contributed by atoms with Crippen molar-refractivity contribution >= 4 is 12.1 Å². The normalized spacial score (nSPS) is 14.7. The van der Waals surface area contributed by atoms with E-state index in [4.69, 9.17) is 4.74 Å². The van der Waals surface area contributed by atoms with Gasteiger partial charge in [0.05, 0.1) is 0 Å². The molecule has 1 aromatic heterocycles. The summed E-state index contributed by atoms with van der Waals surface area (Å²) in [5.74, 6) is 3.00. The Bertz CT molecular complexity index is 664. The molecular weight excluding hydrogens is 370 g/mol. The second kappa shape index (κ2) is 11.6. The fraction of sp³-hybridized carbons (Fsp3) is 0.800. The summed E-state index contributed by atoms with van der Waals surface area (Å²) in [7, 11) is 1.76. The lowest BCUT2D eigenvalue weighted by Gasteiger charge is -2.19. The highest BCUT2D eigenvalue weighted by Crippen LogP contribution is 2.15. The second-order valence-corrected chi connectivity index (χ2v) is 8.31. The van der Waals surface area contributed by atoms with E-state index < -0.39 is 5.60 Å². The molecule has 1 aliphatic rings. The lowest BCUT2D eigenvalue weighted by molar-refractivity contribution is 0.0527. The van der Waals surface area contributed by atoms with E-state index in [1.54, 1.807) is 7.05 Å². The van der Waals surface area contributed by atoms with Crippen LogP contribution < -0.4 is 16.0 Å². The van der Waals surface area contributed by atoms with Gasteiger partial charge in [0.15, 0.2) is 5.96 Å². The van der Waals surface area contributed by atoms with Crippen LogP contribution in [0.3, 0.4) is 0 Å². The van der Waals surface area contributed by atoms with Gasteiger partial charge >= 0.3 is 6.09 Å². The molecule has 9 heteroatoms. The SMILES string of the molecule is CN=C(NCCCNC(=O)OC(C)(C)C)NCCCc1nnc2n1CCCCC2. The van der Waals surface area contributed by atoms with Gasteiger partial charge in [-0.3, -0.25) is 4.99 Å². The van der Waals surface area contributed by atoms with Crippen molar-refractivity contribution in [3.63, 3.8) is 0 Å². The molecular formula is C20H37N7O2. The molecule has 0 saturated carbocycles. The van der Waals surface area contributed by atoms with Crippen molar-refractivity contribution in [2.45, 2.75) is 77.9 Å². The minimum atomic E-state index is -0.473. The van der Waals surface area contributed by atoms with E-state index in [-0.39, 0.29) is 6.09 Å². The molecule has 164 valence electrons. The summed E-state index contributed by atoms with van der Waals surface area (Å²) in [5.41, 5.74) is -0.473. The largest absolute Gasteiger partial charge is 0.444 e. The number of hydrogen-bond acceptors (Lipinski definition) is 5. The van der Waals surface area contributed by atoms with Crippen molar-refractivity contribution in [3.8, 4) is 0 Å². The molecule has 1 aromatic rings. The van der Waals surface area contributed by atoms with Gasteiger partial charge in [0.1, 0.15) is 17.2 Å². The molecule has 0 bridgehead atoms. The van der Waals surface area contributed by atoms with Gasteiger partial charge in [-0.15, -0.1) is 10.2 Å². The summed E-state index contributed by atoms with van der Waals surface area (Å²) in [6.07, 6.45) is 7.04.